The number of hydrogen-bond donors (Lipinski definition) is 2. The van der Waals surface area contributed by atoms with Crippen LogP contribution in [-0.2, 0) is 0 Å². The minimum absolute atomic E-state index is 0.762. The normalized spacial score (nSPS) is 11.2. The maximum Gasteiger partial charge on any atom is 0.0737 e. The Morgan fingerprint density at radius 1 is 0.900 bits per heavy atom. The summed E-state index contributed by atoms with van der Waals surface area (Å²) in [6.45, 7) is 0. The first-order chi connectivity index (χ1) is 9.83. The van der Waals surface area contributed by atoms with Crippen LogP contribution in [0.3, 0.4) is 0 Å². The van der Waals surface area contributed by atoms with Gasteiger partial charge in [-0.1, -0.05) is 30.3 Å². The van der Waals surface area contributed by atoms with E-state index in [2.05, 4.69) is 23.2 Å². The molecule has 3 N–H and O–H groups in total. The molecule has 0 aliphatic rings. The van der Waals surface area contributed by atoms with Gasteiger partial charge in [0.2, 0.25) is 0 Å². The van der Waals surface area contributed by atoms with Crippen molar-refractivity contribution in [1.29, 1.82) is 0 Å². The first-order valence-corrected chi connectivity index (χ1v) is 6.55. The predicted molar refractivity (Wildman–Crippen MR) is 83.4 cm³/mol. The van der Waals surface area contributed by atoms with Crippen LogP contribution < -0.4 is 5.73 Å². The van der Waals surface area contributed by atoms with Gasteiger partial charge in [-0.25, -0.2) is 4.98 Å². The third-order valence-electron chi connectivity index (χ3n) is 3.62. The van der Waals surface area contributed by atoms with Crippen LogP contribution in [0.2, 0.25) is 0 Å². The smallest absolute Gasteiger partial charge is 0.0737 e. The molecular formula is C17H13N3. The van der Waals surface area contributed by atoms with Crippen LogP contribution in [-0.4, -0.2) is 9.97 Å². The molecule has 96 valence electrons. The molecule has 2 aromatic heterocycles. The van der Waals surface area contributed by atoms with E-state index < -0.39 is 0 Å². The molecule has 0 spiro atoms. The standard InChI is InChI=1S/C17H13N3/c18-14-10-17(20-16-6-2-1-4-13(14)16)11-5-3-7-15-12(11)8-9-19-15/h1-10,19H,(H2,18,20). The van der Waals surface area contributed by atoms with Gasteiger partial charge in [0.1, 0.15) is 0 Å². The largest absolute Gasteiger partial charge is 0.398 e. The zero-order valence-electron chi connectivity index (χ0n) is 10.8. The lowest BCUT2D eigenvalue weighted by molar-refractivity contribution is 1.41. The number of anilines is 1. The average molecular weight is 259 g/mol. The molecule has 0 saturated carbocycles. The first kappa shape index (κ1) is 11.1. The SMILES string of the molecule is Nc1cc(-c2cccc3[nH]ccc23)nc2ccccc12. The van der Waals surface area contributed by atoms with Crippen molar-refractivity contribution in [3.63, 3.8) is 0 Å². The molecule has 0 unspecified atom stereocenters. The Labute approximate surface area is 116 Å². The van der Waals surface area contributed by atoms with Crippen LogP contribution in [0, 0.1) is 0 Å². The molecule has 4 rings (SSSR count). The van der Waals surface area contributed by atoms with Gasteiger partial charge in [-0.3, -0.25) is 0 Å². The van der Waals surface area contributed by atoms with Gasteiger partial charge >= 0.3 is 0 Å². The molecule has 0 bridgehead atoms. The zero-order valence-corrected chi connectivity index (χ0v) is 10.8. The third kappa shape index (κ3) is 1.57. The number of nitrogens with one attached hydrogen (secondary N) is 1. The highest BCUT2D eigenvalue weighted by molar-refractivity contribution is 5.98. The lowest BCUT2D eigenvalue weighted by atomic mass is 10.0. The van der Waals surface area contributed by atoms with Crippen LogP contribution in [0.5, 0.6) is 0 Å². The van der Waals surface area contributed by atoms with Crippen molar-refractivity contribution in [2.75, 3.05) is 5.73 Å². The number of fused-ring (bicyclic) bond motifs is 2. The molecular weight excluding hydrogens is 246 g/mol. The number of nitrogens with two attached hydrogens (primary N) is 1. The van der Waals surface area contributed by atoms with Crippen molar-refractivity contribution in [1.82, 2.24) is 9.97 Å². The van der Waals surface area contributed by atoms with E-state index >= 15 is 0 Å². The second kappa shape index (κ2) is 4.10. The number of hydrogen-bond acceptors (Lipinski definition) is 2. The molecule has 0 atom stereocenters. The van der Waals surface area contributed by atoms with Crippen molar-refractivity contribution in [2.45, 2.75) is 0 Å². The molecule has 0 aliphatic heterocycles. The number of pyridine rings is 1. The molecule has 0 fully saturated rings. The summed E-state index contributed by atoms with van der Waals surface area (Å²) in [6.07, 6.45) is 1.94. The summed E-state index contributed by atoms with van der Waals surface area (Å²) >= 11 is 0. The summed E-state index contributed by atoms with van der Waals surface area (Å²) in [4.78, 5) is 7.96. The molecule has 0 amide bonds. The summed E-state index contributed by atoms with van der Waals surface area (Å²) in [5, 5.41) is 2.16. The molecule has 0 radical (unpaired) electrons. The minimum atomic E-state index is 0.762. The number of nitrogen functional groups attached to an aromatic ring is 1. The van der Waals surface area contributed by atoms with E-state index in [1.807, 2.05) is 42.6 Å². The van der Waals surface area contributed by atoms with Crippen LogP contribution in [0.25, 0.3) is 33.1 Å². The fourth-order valence-electron chi connectivity index (χ4n) is 2.65. The third-order valence-corrected chi connectivity index (χ3v) is 3.62. The Morgan fingerprint density at radius 2 is 1.80 bits per heavy atom. The quantitative estimate of drug-likeness (QED) is 0.543. The lowest BCUT2D eigenvalue weighted by Gasteiger charge is -2.07. The van der Waals surface area contributed by atoms with E-state index in [0.717, 1.165) is 38.8 Å². The van der Waals surface area contributed by atoms with Crippen LogP contribution in [0.1, 0.15) is 0 Å². The summed E-state index contributed by atoms with van der Waals surface area (Å²) in [5.74, 6) is 0. The Kier molecular flexibility index (Phi) is 2.27. The van der Waals surface area contributed by atoms with Gasteiger partial charge in [-0.05, 0) is 24.3 Å². The van der Waals surface area contributed by atoms with Gasteiger partial charge in [0.25, 0.3) is 0 Å². The Hall–Kier alpha value is -2.81. The van der Waals surface area contributed by atoms with E-state index in [9.17, 15) is 0 Å². The molecule has 3 nitrogen and oxygen atoms in total. The van der Waals surface area contributed by atoms with Gasteiger partial charge in [-0.15, -0.1) is 0 Å². The van der Waals surface area contributed by atoms with E-state index in [4.69, 9.17) is 10.7 Å². The molecule has 20 heavy (non-hydrogen) atoms. The van der Waals surface area contributed by atoms with Gasteiger partial charge in [-0.2, -0.15) is 0 Å². The van der Waals surface area contributed by atoms with Crippen LogP contribution in [0.15, 0.2) is 60.8 Å². The van der Waals surface area contributed by atoms with E-state index in [0.29, 0.717) is 0 Å². The summed E-state index contributed by atoms with van der Waals surface area (Å²) in [7, 11) is 0. The topological polar surface area (TPSA) is 54.7 Å². The number of para-hydroxylation sites is 1. The summed E-state index contributed by atoms with van der Waals surface area (Å²) < 4.78 is 0. The lowest BCUT2D eigenvalue weighted by Crippen LogP contribution is -1.92. The predicted octanol–water partition coefficient (Wildman–Crippen LogP) is 3.97. The maximum absolute atomic E-state index is 6.17. The number of nitrogens with zero attached hydrogens (tertiary/aromatic N) is 1. The highest BCUT2D eigenvalue weighted by Crippen LogP contribution is 2.30. The van der Waals surface area contributed by atoms with E-state index in [1.54, 1.807) is 0 Å². The molecule has 0 saturated heterocycles. The van der Waals surface area contributed by atoms with Crippen LogP contribution in [0.4, 0.5) is 5.69 Å². The fourth-order valence-corrected chi connectivity index (χ4v) is 2.65. The molecule has 3 heteroatoms. The van der Waals surface area contributed by atoms with Crippen molar-refractivity contribution >= 4 is 27.5 Å². The number of rotatable bonds is 1. The second-order valence-electron chi connectivity index (χ2n) is 4.86. The fraction of sp³-hybridized carbons (Fsp3) is 0. The Bertz CT molecular complexity index is 922. The van der Waals surface area contributed by atoms with Crippen molar-refractivity contribution < 1.29 is 0 Å². The first-order valence-electron chi connectivity index (χ1n) is 6.55. The van der Waals surface area contributed by atoms with Crippen molar-refractivity contribution in [3.8, 4) is 11.3 Å². The number of aromatic amines is 1. The van der Waals surface area contributed by atoms with E-state index in [-0.39, 0.29) is 0 Å². The van der Waals surface area contributed by atoms with Crippen LogP contribution >= 0.6 is 0 Å². The molecule has 2 aromatic carbocycles. The highest BCUT2D eigenvalue weighted by Gasteiger charge is 2.08. The Morgan fingerprint density at radius 3 is 2.75 bits per heavy atom. The van der Waals surface area contributed by atoms with Crippen molar-refractivity contribution in [2.24, 2.45) is 0 Å². The second-order valence-corrected chi connectivity index (χ2v) is 4.86. The van der Waals surface area contributed by atoms with Crippen molar-refractivity contribution in [3.05, 3.63) is 60.8 Å². The molecule has 2 heterocycles. The maximum atomic E-state index is 6.17. The Balaban J connectivity index is 2.05. The van der Waals surface area contributed by atoms with Gasteiger partial charge in [0, 0.05) is 33.7 Å². The molecule has 0 aliphatic carbocycles. The average Bonchev–Trinajstić information content (AvgIpc) is 2.95. The number of benzene rings is 2. The zero-order chi connectivity index (χ0) is 13.5. The molecule has 4 aromatic rings. The number of aromatic nitrogens is 2. The van der Waals surface area contributed by atoms with Gasteiger partial charge in [0.05, 0.1) is 11.2 Å². The monoisotopic (exact) mass is 259 g/mol. The highest BCUT2D eigenvalue weighted by atomic mass is 14.7. The number of H-pyrrole nitrogens is 1. The summed E-state index contributed by atoms with van der Waals surface area (Å²) in [6, 6.07) is 18.1. The van der Waals surface area contributed by atoms with Gasteiger partial charge in [0.15, 0.2) is 0 Å². The van der Waals surface area contributed by atoms with Gasteiger partial charge < -0.3 is 10.7 Å². The van der Waals surface area contributed by atoms with E-state index in [1.165, 1.54) is 0 Å². The summed E-state index contributed by atoms with van der Waals surface area (Å²) in [5.41, 5.74) is 11.0. The minimum Gasteiger partial charge on any atom is -0.398 e.